The van der Waals surface area contributed by atoms with Gasteiger partial charge in [0.2, 0.25) is 0 Å². The minimum absolute atomic E-state index is 0.840. The molecule has 0 aliphatic heterocycles. The first-order chi connectivity index (χ1) is 4.93. The summed E-state index contributed by atoms with van der Waals surface area (Å²) >= 11 is 1.06. The van der Waals surface area contributed by atoms with Gasteiger partial charge in [0, 0.05) is 0 Å². The first-order valence-corrected chi connectivity index (χ1v) is 4.03. The van der Waals surface area contributed by atoms with Crippen LogP contribution in [0.25, 0.3) is 3.42 Å². The summed E-state index contributed by atoms with van der Waals surface area (Å²) in [5, 5.41) is 7.33. The molecule has 0 fully saturated rings. The molecule has 0 unspecified atom stereocenters. The molecule has 0 atom stereocenters. The van der Waals surface area contributed by atoms with Crippen LogP contribution in [0.1, 0.15) is 0 Å². The number of benzene rings is 1. The van der Waals surface area contributed by atoms with Crippen LogP contribution in [0.4, 0.5) is 5.69 Å². The Labute approximate surface area is 69.5 Å². The third-order valence-electron chi connectivity index (χ3n) is 0.953. The predicted molar refractivity (Wildman–Crippen MR) is 34.3 cm³/mol. The molecule has 0 saturated carbocycles. The zero-order valence-corrected chi connectivity index (χ0v) is 8.07. The number of rotatable bonds is 1. The molecule has 1 aromatic carbocycles. The van der Waals surface area contributed by atoms with Crippen LogP contribution < -0.4 is 0 Å². The van der Waals surface area contributed by atoms with Gasteiger partial charge in [-0.25, -0.2) is 0 Å². The summed E-state index contributed by atoms with van der Waals surface area (Å²) in [4.78, 5) is 0. The Balaban J connectivity index is 2.79. The molecule has 0 aliphatic rings. The molecule has 0 N–H and O–H groups in total. The van der Waals surface area contributed by atoms with Crippen molar-refractivity contribution in [3.63, 3.8) is 0 Å². The Kier molecular flexibility index (Phi) is 3.00. The fourth-order valence-corrected chi connectivity index (χ4v) is 0.696. The van der Waals surface area contributed by atoms with Gasteiger partial charge in [-0.05, 0) is 0 Å². The van der Waals surface area contributed by atoms with Crippen molar-refractivity contribution in [3.05, 3.63) is 33.8 Å². The number of hydrogen-bond acceptors (Lipinski definition) is 2. The Bertz CT molecular complexity index is 262. The van der Waals surface area contributed by atoms with Crippen molar-refractivity contribution in [2.45, 2.75) is 0 Å². The van der Waals surface area contributed by atoms with E-state index in [2.05, 4.69) is 13.8 Å². The van der Waals surface area contributed by atoms with Gasteiger partial charge >= 0.3 is 69.2 Å². The summed E-state index contributed by atoms with van der Waals surface area (Å²) in [6.45, 7) is 0. The second-order valence-electron chi connectivity index (χ2n) is 1.61. The van der Waals surface area contributed by atoms with Crippen LogP contribution in [0.3, 0.4) is 0 Å². The molecule has 1 aromatic rings. The quantitative estimate of drug-likeness (QED) is 0.563. The average Bonchev–Trinajstić information content (AvgIpc) is 2.03. The van der Waals surface area contributed by atoms with Crippen LogP contribution in [0, 0.1) is 0 Å². The van der Waals surface area contributed by atoms with Crippen LogP contribution in [0.5, 0.6) is 0 Å². The standard InChI is InChI=1S/C6H5N3.W/c7-9-8-6-4-2-1-3-5-6;/h1-5H;/q+1;. The minimum atomic E-state index is 0.840. The molecule has 0 spiro atoms. The molecule has 4 heteroatoms. The molecular weight excluding hydrogens is 298 g/mol. The predicted octanol–water partition coefficient (Wildman–Crippen LogP) is 2.52. The summed E-state index contributed by atoms with van der Waals surface area (Å²) < 4.78 is 3.57. The third-order valence-corrected chi connectivity index (χ3v) is 1.22. The van der Waals surface area contributed by atoms with Crippen molar-refractivity contribution in [2.24, 2.45) is 10.3 Å². The number of nitrogens with zero attached hydrogens (tertiary/aromatic N) is 3. The molecule has 0 aliphatic carbocycles. The average molecular weight is 303 g/mol. The fourth-order valence-electron chi connectivity index (χ4n) is 0.565. The topological polar surface area (TPSA) is 29.1 Å². The molecule has 0 radical (unpaired) electrons. The first kappa shape index (κ1) is 7.33. The summed E-state index contributed by atoms with van der Waals surface area (Å²) in [7, 11) is 0. The maximum atomic E-state index is 3.80. The molecule has 0 aromatic heterocycles. The van der Waals surface area contributed by atoms with Gasteiger partial charge in [0.05, 0.1) is 0 Å². The van der Waals surface area contributed by atoms with Crippen LogP contribution in [0.15, 0.2) is 40.7 Å². The van der Waals surface area contributed by atoms with Crippen molar-refractivity contribution >= 4 is 5.69 Å². The SMILES string of the molecule is [W]#[N+]N=Nc1ccccc1. The summed E-state index contributed by atoms with van der Waals surface area (Å²) in [5.74, 6) is 0. The van der Waals surface area contributed by atoms with Gasteiger partial charge in [-0.1, -0.05) is 0 Å². The maximum absolute atomic E-state index is 3.80. The Morgan fingerprint density at radius 1 is 1.20 bits per heavy atom. The van der Waals surface area contributed by atoms with E-state index in [4.69, 9.17) is 0 Å². The van der Waals surface area contributed by atoms with E-state index in [9.17, 15) is 0 Å². The van der Waals surface area contributed by atoms with Gasteiger partial charge in [-0.2, -0.15) is 0 Å². The van der Waals surface area contributed by atoms with Gasteiger partial charge in [-0.3, -0.25) is 0 Å². The van der Waals surface area contributed by atoms with Crippen LogP contribution in [-0.4, -0.2) is 0 Å². The van der Waals surface area contributed by atoms with Crippen LogP contribution in [0.2, 0.25) is 0 Å². The van der Waals surface area contributed by atoms with Gasteiger partial charge in [0.1, 0.15) is 0 Å². The van der Waals surface area contributed by atoms with Gasteiger partial charge in [-0.15, -0.1) is 0 Å². The monoisotopic (exact) mass is 303 g/mol. The molecule has 0 bridgehead atoms. The van der Waals surface area contributed by atoms with E-state index in [0.29, 0.717) is 0 Å². The van der Waals surface area contributed by atoms with Gasteiger partial charge in [0.25, 0.3) is 0 Å². The van der Waals surface area contributed by atoms with E-state index in [-0.39, 0.29) is 0 Å². The Morgan fingerprint density at radius 3 is 2.50 bits per heavy atom. The molecule has 0 heterocycles. The van der Waals surface area contributed by atoms with E-state index >= 15 is 0 Å². The van der Waals surface area contributed by atoms with Crippen molar-refractivity contribution in [2.75, 3.05) is 0 Å². The summed E-state index contributed by atoms with van der Waals surface area (Å²) in [5.41, 5.74) is 0.840. The summed E-state index contributed by atoms with van der Waals surface area (Å²) in [6, 6.07) is 9.52. The summed E-state index contributed by atoms with van der Waals surface area (Å²) in [6.07, 6.45) is 0. The van der Waals surface area contributed by atoms with E-state index in [1.165, 1.54) is 0 Å². The van der Waals surface area contributed by atoms with Gasteiger partial charge in [0.15, 0.2) is 0 Å². The van der Waals surface area contributed by atoms with E-state index in [1.807, 2.05) is 30.3 Å². The normalized spacial score (nSPS) is 9.50. The Hall–Kier alpha value is -0.782. The van der Waals surface area contributed by atoms with Gasteiger partial charge < -0.3 is 0 Å². The molecule has 1 rings (SSSR count). The number of hydrogen-bond donors (Lipinski definition) is 0. The first-order valence-electron chi connectivity index (χ1n) is 2.72. The van der Waals surface area contributed by atoms with E-state index < -0.39 is 0 Å². The Morgan fingerprint density at radius 2 is 1.90 bits per heavy atom. The second-order valence-corrected chi connectivity index (χ2v) is 2.19. The van der Waals surface area contributed by atoms with Crippen molar-refractivity contribution in [3.8, 4) is 0 Å². The van der Waals surface area contributed by atoms with Crippen molar-refractivity contribution in [1.82, 2.24) is 0 Å². The molecular formula is C6H5N3W+. The molecule has 0 saturated heterocycles. The van der Waals surface area contributed by atoms with E-state index in [0.717, 1.165) is 25.1 Å². The van der Waals surface area contributed by atoms with Crippen molar-refractivity contribution < 1.29 is 19.4 Å². The zero-order valence-electron chi connectivity index (χ0n) is 5.14. The second kappa shape index (κ2) is 4.10. The zero-order chi connectivity index (χ0) is 7.23. The molecule has 3 nitrogen and oxygen atoms in total. The fraction of sp³-hybridized carbons (Fsp3) is 0. The van der Waals surface area contributed by atoms with Crippen LogP contribution in [-0.2, 0) is 19.4 Å². The molecule has 49 valence electrons. The molecule has 0 amide bonds. The van der Waals surface area contributed by atoms with Crippen molar-refractivity contribution in [1.29, 1.82) is 0 Å². The molecule has 10 heavy (non-hydrogen) atoms. The third kappa shape index (κ3) is 2.22. The van der Waals surface area contributed by atoms with E-state index in [1.54, 1.807) is 0 Å². The van der Waals surface area contributed by atoms with Crippen LogP contribution >= 0.6 is 0 Å².